The molecule has 0 saturated heterocycles. The van der Waals surface area contributed by atoms with E-state index in [2.05, 4.69) is 28.7 Å². The molecule has 1 rings (SSSR count). The summed E-state index contributed by atoms with van der Waals surface area (Å²) >= 11 is 2.10. The van der Waals surface area contributed by atoms with Gasteiger partial charge in [0, 0.05) is 3.57 Å². The number of hydrogen-bond acceptors (Lipinski definition) is 3. The fraction of sp³-hybridized carbons (Fsp3) is 0.333. The van der Waals surface area contributed by atoms with Gasteiger partial charge in [0.2, 0.25) is 0 Å². The zero-order chi connectivity index (χ0) is 12.1. The highest BCUT2D eigenvalue weighted by molar-refractivity contribution is 14.1. The lowest BCUT2D eigenvalue weighted by Crippen LogP contribution is -2.09. The van der Waals surface area contributed by atoms with Crippen LogP contribution in [0.25, 0.3) is 0 Å². The first-order valence-electron chi connectivity index (χ1n) is 5.04. The van der Waals surface area contributed by atoms with Gasteiger partial charge in [-0.3, -0.25) is 0 Å². The van der Waals surface area contributed by atoms with Gasteiger partial charge in [-0.25, -0.2) is 4.79 Å². The minimum Gasteiger partial charge on any atom is -0.462 e. The minimum absolute atomic E-state index is 0.318. The molecule has 0 saturated carbocycles. The number of halogens is 1. The Morgan fingerprint density at radius 3 is 2.69 bits per heavy atom. The van der Waals surface area contributed by atoms with Crippen LogP contribution in [-0.2, 0) is 11.2 Å². The Morgan fingerprint density at radius 2 is 2.19 bits per heavy atom. The van der Waals surface area contributed by atoms with E-state index in [-0.39, 0.29) is 5.97 Å². The van der Waals surface area contributed by atoms with Crippen molar-refractivity contribution in [3.05, 3.63) is 32.4 Å². The highest BCUT2D eigenvalue weighted by atomic mass is 127. The third-order valence-electron chi connectivity index (χ3n) is 2.21. The number of carbonyl (C=O) groups is 1. The second-order valence-corrected chi connectivity index (χ2v) is 4.22. The van der Waals surface area contributed by atoms with Gasteiger partial charge in [0.15, 0.2) is 0 Å². The van der Waals surface area contributed by atoms with Gasteiger partial charge in [0.1, 0.15) is 6.07 Å². The summed E-state index contributed by atoms with van der Waals surface area (Å²) in [4.78, 5) is 11.7. The van der Waals surface area contributed by atoms with Crippen molar-refractivity contribution in [1.29, 1.82) is 5.26 Å². The molecule has 16 heavy (non-hydrogen) atoms. The van der Waals surface area contributed by atoms with E-state index in [0.29, 0.717) is 24.2 Å². The fourth-order valence-corrected chi connectivity index (χ4v) is 2.43. The van der Waals surface area contributed by atoms with Gasteiger partial charge in [-0.2, -0.15) is 5.26 Å². The van der Waals surface area contributed by atoms with Crippen LogP contribution in [0.15, 0.2) is 12.1 Å². The van der Waals surface area contributed by atoms with Gasteiger partial charge >= 0.3 is 5.97 Å². The summed E-state index contributed by atoms with van der Waals surface area (Å²) in [5.74, 6) is -0.318. The largest absolute Gasteiger partial charge is 0.462 e. The SMILES string of the molecule is CCOC(=O)c1ccc(C#N)c(I)c1CC. The summed E-state index contributed by atoms with van der Waals surface area (Å²) in [6, 6.07) is 5.43. The summed E-state index contributed by atoms with van der Waals surface area (Å²) in [5, 5.41) is 8.90. The Bertz CT molecular complexity index is 449. The average molecular weight is 329 g/mol. The van der Waals surface area contributed by atoms with E-state index in [9.17, 15) is 4.79 Å². The molecule has 0 radical (unpaired) electrons. The molecule has 1 aromatic rings. The highest BCUT2D eigenvalue weighted by Crippen LogP contribution is 2.22. The number of rotatable bonds is 3. The van der Waals surface area contributed by atoms with E-state index in [1.807, 2.05) is 6.92 Å². The van der Waals surface area contributed by atoms with E-state index < -0.39 is 0 Å². The van der Waals surface area contributed by atoms with Gasteiger partial charge in [0.05, 0.1) is 17.7 Å². The average Bonchev–Trinajstić information content (AvgIpc) is 2.28. The number of nitriles is 1. The lowest BCUT2D eigenvalue weighted by atomic mass is 10.0. The highest BCUT2D eigenvalue weighted by Gasteiger charge is 2.16. The van der Waals surface area contributed by atoms with E-state index >= 15 is 0 Å². The molecule has 84 valence electrons. The number of benzene rings is 1. The predicted octanol–water partition coefficient (Wildman–Crippen LogP) is 2.90. The van der Waals surface area contributed by atoms with E-state index in [1.165, 1.54) is 0 Å². The molecular weight excluding hydrogens is 317 g/mol. The molecule has 3 nitrogen and oxygen atoms in total. The van der Waals surface area contributed by atoms with Crippen molar-refractivity contribution < 1.29 is 9.53 Å². The molecule has 0 fully saturated rings. The van der Waals surface area contributed by atoms with Crippen LogP contribution in [0.4, 0.5) is 0 Å². The Balaban J connectivity index is 3.27. The number of ether oxygens (including phenoxy) is 1. The topological polar surface area (TPSA) is 50.1 Å². The van der Waals surface area contributed by atoms with Crippen LogP contribution in [0.2, 0.25) is 0 Å². The Morgan fingerprint density at radius 1 is 1.50 bits per heavy atom. The summed E-state index contributed by atoms with van der Waals surface area (Å²) in [5.41, 5.74) is 2.05. The maximum absolute atomic E-state index is 11.7. The lowest BCUT2D eigenvalue weighted by molar-refractivity contribution is 0.0525. The zero-order valence-corrected chi connectivity index (χ0v) is 11.4. The van der Waals surface area contributed by atoms with E-state index in [1.54, 1.807) is 19.1 Å². The Hall–Kier alpha value is -1.09. The molecule has 0 N–H and O–H groups in total. The van der Waals surface area contributed by atoms with Gasteiger partial charge in [-0.1, -0.05) is 6.92 Å². The number of carbonyl (C=O) groups excluding carboxylic acids is 1. The van der Waals surface area contributed by atoms with E-state index in [0.717, 1.165) is 9.13 Å². The standard InChI is InChI=1S/C12H12INO2/c1-3-9-10(12(15)16-4-2)6-5-8(7-14)11(9)13/h5-6H,3-4H2,1-2H3. The Labute approximate surface area is 109 Å². The van der Waals surface area contributed by atoms with Crippen LogP contribution in [-0.4, -0.2) is 12.6 Å². The molecule has 0 spiro atoms. The van der Waals surface area contributed by atoms with E-state index in [4.69, 9.17) is 10.00 Å². The van der Waals surface area contributed by atoms with Gasteiger partial charge in [-0.15, -0.1) is 0 Å². The van der Waals surface area contributed by atoms with Crippen molar-refractivity contribution in [2.75, 3.05) is 6.61 Å². The molecule has 0 amide bonds. The third kappa shape index (κ3) is 2.53. The van der Waals surface area contributed by atoms with Crippen molar-refractivity contribution in [3.8, 4) is 6.07 Å². The Kier molecular flexibility index (Phi) is 4.74. The van der Waals surface area contributed by atoms with Crippen molar-refractivity contribution in [3.63, 3.8) is 0 Å². The number of esters is 1. The first-order valence-corrected chi connectivity index (χ1v) is 6.12. The molecule has 0 atom stereocenters. The van der Waals surface area contributed by atoms with Crippen LogP contribution in [0, 0.1) is 14.9 Å². The summed E-state index contributed by atoms with van der Waals surface area (Å²) < 4.78 is 5.81. The maximum Gasteiger partial charge on any atom is 0.338 e. The smallest absolute Gasteiger partial charge is 0.338 e. The lowest BCUT2D eigenvalue weighted by Gasteiger charge is -2.10. The summed E-state index contributed by atoms with van der Waals surface area (Å²) in [6.45, 7) is 4.10. The van der Waals surface area contributed by atoms with Crippen LogP contribution < -0.4 is 0 Å². The first-order chi connectivity index (χ1) is 7.65. The second-order valence-electron chi connectivity index (χ2n) is 3.14. The van der Waals surface area contributed by atoms with Crippen LogP contribution in [0.1, 0.15) is 35.3 Å². The van der Waals surface area contributed by atoms with Crippen molar-refractivity contribution >= 4 is 28.6 Å². The van der Waals surface area contributed by atoms with Crippen LogP contribution in [0.3, 0.4) is 0 Å². The molecule has 0 bridgehead atoms. The summed E-state index contributed by atoms with van der Waals surface area (Å²) in [7, 11) is 0. The molecule has 0 aliphatic carbocycles. The summed E-state index contributed by atoms with van der Waals surface area (Å²) in [6.07, 6.45) is 0.710. The van der Waals surface area contributed by atoms with Gasteiger partial charge in [0.25, 0.3) is 0 Å². The monoisotopic (exact) mass is 329 g/mol. The van der Waals surface area contributed by atoms with Crippen molar-refractivity contribution in [2.45, 2.75) is 20.3 Å². The number of hydrogen-bond donors (Lipinski definition) is 0. The van der Waals surface area contributed by atoms with Gasteiger partial charge in [-0.05, 0) is 53.6 Å². The second kappa shape index (κ2) is 5.85. The van der Waals surface area contributed by atoms with Crippen molar-refractivity contribution in [1.82, 2.24) is 0 Å². The molecule has 4 heteroatoms. The van der Waals surface area contributed by atoms with Crippen LogP contribution in [0.5, 0.6) is 0 Å². The molecule has 1 aromatic carbocycles. The number of nitrogens with zero attached hydrogens (tertiary/aromatic N) is 1. The van der Waals surface area contributed by atoms with Crippen molar-refractivity contribution in [2.24, 2.45) is 0 Å². The molecule has 0 unspecified atom stereocenters. The molecule has 0 aliphatic heterocycles. The quantitative estimate of drug-likeness (QED) is 0.633. The molecule has 0 heterocycles. The fourth-order valence-electron chi connectivity index (χ4n) is 1.45. The minimum atomic E-state index is -0.318. The normalized spacial score (nSPS) is 9.62. The first kappa shape index (κ1) is 13.0. The zero-order valence-electron chi connectivity index (χ0n) is 9.21. The van der Waals surface area contributed by atoms with Gasteiger partial charge < -0.3 is 4.74 Å². The molecular formula is C12H12INO2. The van der Waals surface area contributed by atoms with Crippen LogP contribution >= 0.6 is 22.6 Å². The third-order valence-corrected chi connectivity index (χ3v) is 3.44. The maximum atomic E-state index is 11.7. The molecule has 0 aliphatic rings. The molecule has 0 aromatic heterocycles. The predicted molar refractivity (Wildman–Crippen MR) is 69.2 cm³/mol.